The first-order valence-electron chi connectivity index (χ1n) is 11.7. The molecule has 0 radical (unpaired) electrons. The highest BCUT2D eigenvalue weighted by Crippen LogP contribution is 2.39. The van der Waals surface area contributed by atoms with Crippen LogP contribution in [0.5, 0.6) is 11.5 Å². The summed E-state index contributed by atoms with van der Waals surface area (Å²) in [6.45, 7) is -2.83. The van der Waals surface area contributed by atoms with Crippen LogP contribution in [0.2, 0.25) is 10.0 Å². The van der Waals surface area contributed by atoms with E-state index in [9.17, 15) is 32.0 Å². The molecular formula is C26H20Cl2F5NO5S. The fraction of sp³-hybridized carbons (Fsp3) is 0.308. The molecule has 6 nitrogen and oxygen atoms in total. The van der Waals surface area contributed by atoms with Gasteiger partial charge in [-0.25, -0.2) is 4.79 Å². The van der Waals surface area contributed by atoms with Crippen LogP contribution >= 0.6 is 35.0 Å². The number of benzene rings is 2. The van der Waals surface area contributed by atoms with Gasteiger partial charge in [-0.15, -0.1) is 0 Å². The molecule has 0 N–H and O–H groups in total. The van der Waals surface area contributed by atoms with E-state index in [1.165, 1.54) is 18.2 Å². The fourth-order valence-corrected chi connectivity index (χ4v) is 4.84. The number of halogens is 7. The molecular weight excluding hydrogens is 604 g/mol. The molecule has 2 aromatic carbocycles. The molecule has 4 rings (SSSR count). The van der Waals surface area contributed by atoms with Crippen molar-refractivity contribution in [2.75, 3.05) is 6.61 Å². The van der Waals surface area contributed by atoms with Gasteiger partial charge in [0.15, 0.2) is 23.9 Å². The predicted molar refractivity (Wildman–Crippen MR) is 137 cm³/mol. The standard InChI is InChI=1S/C26H20Cl2F5NO5S/c27-19-11-34(36)12-20(28)18(19)10-22(39-25(35)40-17-6-4-16(5-7-17)26(31,32)33)15-3-8-21(38-24(29)30)23(9-15)37-13-14-1-2-14/h3-9,11-12,14,22,24H,1-2,10,13H2. The van der Waals surface area contributed by atoms with Crippen molar-refractivity contribution in [3.05, 3.63) is 86.8 Å². The monoisotopic (exact) mass is 623 g/mol. The molecule has 1 saturated carbocycles. The summed E-state index contributed by atoms with van der Waals surface area (Å²) in [5, 5.41) is 10.8. The first-order chi connectivity index (χ1) is 18.9. The second-order valence-corrected chi connectivity index (χ2v) is 10.6. The van der Waals surface area contributed by atoms with E-state index in [-0.39, 0.29) is 50.9 Å². The van der Waals surface area contributed by atoms with Gasteiger partial charge in [-0.1, -0.05) is 29.3 Å². The zero-order valence-corrected chi connectivity index (χ0v) is 22.6. The van der Waals surface area contributed by atoms with Crippen LogP contribution in [0.25, 0.3) is 0 Å². The Kier molecular flexibility index (Phi) is 9.52. The molecule has 1 aromatic heterocycles. The molecule has 40 heavy (non-hydrogen) atoms. The van der Waals surface area contributed by atoms with Gasteiger partial charge in [0.05, 0.1) is 12.2 Å². The van der Waals surface area contributed by atoms with Crippen molar-refractivity contribution in [1.29, 1.82) is 0 Å². The summed E-state index contributed by atoms with van der Waals surface area (Å²) >= 11 is 13.0. The van der Waals surface area contributed by atoms with Crippen LogP contribution in [0, 0.1) is 11.1 Å². The molecule has 0 amide bonds. The highest BCUT2D eigenvalue weighted by atomic mass is 35.5. The number of pyridine rings is 1. The topological polar surface area (TPSA) is 71.7 Å². The Morgan fingerprint density at radius 2 is 1.70 bits per heavy atom. The highest BCUT2D eigenvalue weighted by molar-refractivity contribution is 8.13. The van der Waals surface area contributed by atoms with Gasteiger partial charge in [0.1, 0.15) is 16.1 Å². The summed E-state index contributed by atoms with van der Waals surface area (Å²) in [5.41, 5.74) is -0.308. The lowest BCUT2D eigenvalue weighted by Gasteiger charge is -2.21. The smallest absolute Gasteiger partial charge is 0.416 e. The normalized spacial score (nSPS) is 14.2. The Labute approximate surface area is 239 Å². The number of carbonyl (C=O) groups excluding carboxylic acids is 1. The van der Waals surface area contributed by atoms with E-state index in [0.717, 1.165) is 49.5 Å². The van der Waals surface area contributed by atoms with E-state index in [0.29, 0.717) is 22.1 Å². The Balaban J connectivity index is 1.62. The number of aromatic nitrogens is 1. The molecule has 0 spiro atoms. The van der Waals surface area contributed by atoms with E-state index in [1.807, 2.05) is 0 Å². The molecule has 214 valence electrons. The molecule has 1 heterocycles. The van der Waals surface area contributed by atoms with Gasteiger partial charge >= 0.3 is 18.1 Å². The summed E-state index contributed by atoms with van der Waals surface area (Å²) < 4.78 is 80.9. The maximum atomic E-state index is 13.0. The lowest BCUT2D eigenvalue weighted by atomic mass is 10.0. The minimum absolute atomic E-state index is 0.00352. The van der Waals surface area contributed by atoms with Gasteiger partial charge in [-0.3, -0.25) is 0 Å². The van der Waals surface area contributed by atoms with Crippen LogP contribution in [-0.2, 0) is 17.3 Å². The van der Waals surface area contributed by atoms with Gasteiger partial charge in [0.2, 0.25) is 0 Å². The Morgan fingerprint density at radius 3 is 2.27 bits per heavy atom. The van der Waals surface area contributed by atoms with Crippen molar-refractivity contribution in [1.82, 2.24) is 0 Å². The molecule has 1 aliphatic rings. The molecule has 0 bridgehead atoms. The van der Waals surface area contributed by atoms with Crippen molar-refractivity contribution < 1.29 is 45.7 Å². The van der Waals surface area contributed by atoms with Gasteiger partial charge in [-0.05, 0) is 72.5 Å². The van der Waals surface area contributed by atoms with Crippen LogP contribution in [0.3, 0.4) is 0 Å². The van der Waals surface area contributed by atoms with Crippen LogP contribution in [0.4, 0.5) is 26.7 Å². The Morgan fingerprint density at radius 1 is 1.05 bits per heavy atom. The van der Waals surface area contributed by atoms with Crippen molar-refractivity contribution >= 4 is 40.3 Å². The number of thioether (sulfide) groups is 1. The summed E-state index contributed by atoms with van der Waals surface area (Å²) in [6.07, 6.45) is -1.78. The summed E-state index contributed by atoms with van der Waals surface area (Å²) in [7, 11) is 0. The van der Waals surface area contributed by atoms with Crippen molar-refractivity contribution in [2.45, 2.75) is 43.0 Å². The lowest BCUT2D eigenvalue weighted by Crippen LogP contribution is -2.25. The van der Waals surface area contributed by atoms with E-state index >= 15 is 0 Å². The number of nitrogens with zero attached hydrogens (tertiary/aromatic N) is 1. The van der Waals surface area contributed by atoms with Gasteiger partial charge in [-0.2, -0.15) is 26.7 Å². The number of hydrogen-bond acceptors (Lipinski definition) is 6. The van der Waals surface area contributed by atoms with Crippen molar-refractivity contribution in [3.8, 4) is 11.5 Å². The maximum Gasteiger partial charge on any atom is 0.416 e. The fourth-order valence-electron chi connectivity index (χ4n) is 3.61. The van der Waals surface area contributed by atoms with E-state index < -0.39 is 29.8 Å². The third-order valence-electron chi connectivity index (χ3n) is 5.80. The Bertz CT molecular complexity index is 1330. The SMILES string of the molecule is O=C(OC(Cc1c(Cl)c[n+]([O-])cc1Cl)c1ccc(OC(F)F)c(OCC2CC2)c1)Sc1ccc(C(F)(F)F)cc1. The number of alkyl halides is 5. The first kappa shape index (κ1) is 30.0. The van der Waals surface area contributed by atoms with E-state index in [2.05, 4.69) is 4.74 Å². The van der Waals surface area contributed by atoms with Crippen LogP contribution in [0.1, 0.15) is 35.6 Å². The summed E-state index contributed by atoms with van der Waals surface area (Å²) in [5.74, 6) is 0.0770. The minimum Gasteiger partial charge on any atom is -0.619 e. The quantitative estimate of drug-likeness (QED) is 0.0744. The van der Waals surface area contributed by atoms with Crippen LogP contribution < -0.4 is 14.2 Å². The molecule has 1 atom stereocenters. The number of rotatable bonds is 10. The third-order valence-corrected chi connectivity index (χ3v) is 7.22. The molecule has 1 fully saturated rings. The summed E-state index contributed by atoms with van der Waals surface area (Å²) in [6, 6.07) is 7.94. The van der Waals surface area contributed by atoms with Gasteiger partial charge < -0.3 is 19.4 Å². The van der Waals surface area contributed by atoms with Gasteiger partial charge in [0.25, 0.3) is 0 Å². The van der Waals surface area contributed by atoms with Crippen LogP contribution in [-0.4, -0.2) is 18.5 Å². The summed E-state index contributed by atoms with van der Waals surface area (Å²) in [4.78, 5) is 13.0. The molecule has 14 heteroatoms. The average Bonchev–Trinajstić information content (AvgIpc) is 3.69. The molecule has 1 unspecified atom stereocenters. The van der Waals surface area contributed by atoms with E-state index in [4.69, 9.17) is 32.7 Å². The second kappa shape index (κ2) is 12.7. The zero-order valence-electron chi connectivity index (χ0n) is 20.3. The molecule has 3 aromatic rings. The molecule has 0 saturated heterocycles. The lowest BCUT2D eigenvalue weighted by molar-refractivity contribution is -0.605. The average molecular weight is 624 g/mol. The second-order valence-electron chi connectivity index (χ2n) is 8.82. The maximum absolute atomic E-state index is 13.0. The number of carbonyl (C=O) groups is 1. The molecule has 0 aliphatic heterocycles. The van der Waals surface area contributed by atoms with Crippen LogP contribution in [0.15, 0.2) is 59.8 Å². The minimum atomic E-state index is -4.54. The van der Waals surface area contributed by atoms with Crippen molar-refractivity contribution in [2.24, 2.45) is 5.92 Å². The molecule has 1 aliphatic carbocycles. The number of hydrogen-bond donors (Lipinski definition) is 0. The predicted octanol–water partition coefficient (Wildman–Crippen LogP) is 8.25. The largest absolute Gasteiger partial charge is 0.619 e. The van der Waals surface area contributed by atoms with Gasteiger partial charge in [0, 0.05) is 16.9 Å². The third kappa shape index (κ3) is 8.28. The van der Waals surface area contributed by atoms with E-state index in [1.54, 1.807) is 0 Å². The highest BCUT2D eigenvalue weighted by Gasteiger charge is 2.30. The van der Waals surface area contributed by atoms with Crippen molar-refractivity contribution in [3.63, 3.8) is 0 Å². The Hall–Kier alpha value is -2.96. The first-order valence-corrected chi connectivity index (χ1v) is 13.3. The zero-order chi connectivity index (χ0) is 29.0. The number of ether oxygens (including phenoxy) is 3.